The Hall–Kier alpha value is -1.43. The first-order valence-electron chi connectivity index (χ1n) is 5.01. The van der Waals surface area contributed by atoms with Crippen LogP contribution in [0.25, 0.3) is 0 Å². The summed E-state index contributed by atoms with van der Waals surface area (Å²) in [5.41, 5.74) is -0.641. The summed E-state index contributed by atoms with van der Waals surface area (Å²) in [5, 5.41) is 2.17. The van der Waals surface area contributed by atoms with Gasteiger partial charge in [-0.2, -0.15) is 0 Å². The lowest BCUT2D eigenvalue weighted by Gasteiger charge is -2.10. The van der Waals surface area contributed by atoms with Gasteiger partial charge in [-0.05, 0) is 18.6 Å². The lowest BCUT2D eigenvalue weighted by molar-refractivity contribution is -0.112. The third kappa shape index (κ3) is 2.46. The van der Waals surface area contributed by atoms with Crippen LogP contribution in [-0.4, -0.2) is 22.8 Å². The normalized spacial score (nSPS) is 19.4. The van der Waals surface area contributed by atoms with Crippen molar-refractivity contribution in [3.8, 4) is 0 Å². The van der Waals surface area contributed by atoms with Crippen molar-refractivity contribution < 1.29 is 18.4 Å². The molecule has 3 nitrogen and oxygen atoms in total. The number of rotatable bonds is 2. The van der Waals surface area contributed by atoms with Crippen LogP contribution in [0.5, 0.6) is 0 Å². The second-order valence-electron chi connectivity index (χ2n) is 3.58. The van der Waals surface area contributed by atoms with Crippen molar-refractivity contribution in [2.75, 3.05) is 5.75 Å². The molecule has 0 saturated carbocycles. The van der Waals surface area contributed by atoms with Gasteiger partial charge in [0, 0.05) is 5.75 Å². The highest BCUT2D eigenvalue weighted by atomic mass is 32.2. The van der Waals surface area contributed by atoms with Crippen molar-refractivity contribution >= 4 is 22.8 Å². The highest BCUT2D eigenvalue weighted by Gasteiger charge is 2.28. The van der Waals surface area contributed by atoms with Crippen LogP contribution in [0.15, 0.2) is 18.2 Å². The summed E-state index contributed by atoms with van der Waals surface area (Å²) < 4.78 is 26.6. The second kappa shape index (κ2) is 4.83. The topological polar surface area (TPSA) is 46.2 Å². The van der Waals surface area contributed by atoms with E-state index in [2.05, 4.69) is 5.32 Å². The minimum Gasteiger partial charge on any atom is -0.341 e. The van der Waals surface area contributed by atoms with E-state index >= 15 is 0 Å². The maximum Gasteiger partial charge on any atom is 0.257 e. The first-order valence-corrected chi connectivity index (χ1v) is 5.99. The van der Waals surface area contributed by atoms with Crippen LogP contribution in [0, 0.1) is 11.6 Å². The van der Waals surface area contributed by atoms with E-state index in [9.17, 15) is 18.4 Å². The van der Waals surface area contributed by atoms with Crippen LogP contribution < -0.4 is 5.32 Å². The molecule has 1 heterocycles. The van der Waals surface area contributed by atoms with Gasteiger partial charge in [0.15, 0.2) is 0 Å². The first kappa shape index (κ1) is 12.0. The maximum absolute atomic E-state index is 13.3. The minimum atomic E-state index is -0.930. The molecule has 6 heteroatoms. The van der Waals surface area contributed by atoms with Gasteiger partial charge in [0.25, 0.3) is 5.91 Å². The fourth-order valence-electron chi connectivity index (χ4n) is 1.57. The van der Waals surface area contributed by atoms with Crippen molar-refractivity contribution in [2.24, 2.45) is 0 Å². The van der Waals surface area contributed by atoms with E-state index in [4.69, 9.17) is 0 Å². The molecule has 0 aliphatic carbocycles. The molecule has 0 spiro atoms. The smallest absolute Gasteiger partial charge is 0.257 e. The van der Waals surface area contributed by atoms with Gasteiger partial charge in [-0.15, -0.1) is 0 Å². The summed E-state index contributed by atoms with van der Waals surface area (Å²) in [6.45, 7) is 0. The van der Waals surface area contributed by atoms with Crippen molar-refractivity contribution in [1.29, 1.82) is 0 Å². The van der Waals surface area contributed by atoms with Gasteiger partial charge in [-0.1, -0.05) is 17.8 Å². The molecule has 1 aliphatic rings. The van der Waals surface area contributed by atoms with Gasteiger partial charge in [-0.3, -0.25) is 9.59 Å². The summed E-state index contributed by atoms with van der Waals surface area (Å²) in [7, 11) is 0. The van der Waals surface area contributed by atoms with Gasteiger partial charge in [-0.25, -0.2) is 8.78 Å². The molecule has 1 N–H and O–H groups in total. The van der Waals surface area contributed by atoms with Gasteiger partial charge < -0.3 is 5.32 Å². The van der Waals surface area contributed by atoms with Crippen molar-refractivity contribution in [3.05, 3.63) is 35.4 Å². The van der Waals surface area contributed by atoms with Crippen LogP contribution >= 0.6 is 11.8 Å². The second-order valence-corrected chi connectivity index (χ2v) is 4.68. The van der Waals surface area contributed by atoms with Gasteiger partial charge in [0.05, 0.1) is 6.04 Å². The maximum atomic E-state index is 13.3. The van der Waals surface area contributed by atoms with E-state index in [1.807, 2.05) is 0 Å². The number of hydrogen-bond acceptors (Lipinski definition) is 3. The van der Waals surface area contributed by atoms with Crippen molar-refractivity contribution in [2.45, 2.75) is 12.5 Å². The average Bonchev–Trinajstić information content (AvgIpc) is 2.64. The van der Waals surface area contributed by atoms with E-state index in [1.165, 1.54) is 6.07 Å². The lowest BCUT2D eigenvalue weighted by Crippen LogP contribution is -2.38. The Balaban J connectivity index is 2.17. The van der Waals surface area contributed by atoms with Gasteiger partial charge in [0.2, 0.25) is 5.12 Å². The Morgan fingerprint density at radius 3 is 2.53 bits per heavy atom. The minimum absolute atomic E-state index is 0.171. The monoisotopic (exact) mass is 257 g/mol. The van der Waals surface area contributed by atoms with Gasteiger partial charge >= 0.3 is 0 Å². The highest BCUT2D eigenvalue weighted by molar-refractivity contribution is 8.14. The number of amides is 1. The Morgan fingerprint density at radius 2 is 2.00 bits per heavy atom. The van der Waals surface area contributed by atoms with Crippen LogP contribution in [-0.2, 0) is 4.79 Å². The SMILES string of the molecule is O=C(N[C@@H]1CCSC1=O)c1c(F)cccc1F. The lowest BCUT2D eigenvalue weighted by atomic mass is 10.1. The zero-order valence-corrected chi connectivity index (χ0v) is 9.52. The molecule has 0 unspecified atom stereocenters. The predicted molar refractivity (Wildman–Crippen MR) is 59.7 cm³/mol. The summed E-state index contributed by atoms with van der Waals surface area (Å²) >= 11 is 1.11. The largest absolute Gasteiger partial charge is 0.341 e. The Kier molecular flexibility index (Phi) is 3.42. The summed E-state index contributed by atoms with van der Waals surface area (Å²) in [4.78, 5) is 22.9. The summed E-state index contributed by atoms with van der Waals surface area (Å²) in [6.07, 6.45) is 0.491. The molecule has 1 saturated heterocycles. The van der Waals surface area contributed by atoms with E-state index in [0.717, 1.165) is 23.9 Å². The summed E-state index contributed by atoms with van der Waals surface area (Å²) in [5.74, 6) is -2.13. The van der Waals surface area contributed by atoms with Crippen LogP contribution in [0.4, 0.5) is 8.78 Å². The fraction of sp³-hybridized carbons (Fsp3) is 0.273. The molecule has 0 aromatic heterocycles. The molecule has 2 rings (SSSR count). The fourth-order valence-corrected chi connectivity index (χ4v) is 2.50. The molecule has 17 heavy (non-hydrogen) atoms. The van der Waals surface area contributed by atoms with E-state index < -0.39 is 29.1 Å². The Bertz CT molecular complexity index is 458. The number of nitrogens with one attached hydrogen (secondary N) is 1. The Morgan fingerprint density at radius 1 is 1.35 bits per heavy atom. The third-order valence-electron chi connectivity index (χ3n) is 2.43. The van der Waals surface area contributed by atoms with Crippen molar-refractivity contribution in [1.82, 2.24) is 5.32 Å². The average molecular weight is 257 g/mol. The standard InChI is InChI=1S/C11H9F2NO2S/c12-6-2-1-3-7(13)9(6)10(15)14-8-4-5-17-11(8)16/h1-3,8H,4-5H2,(H,14,15)/t8-/m1/s1. The molecule has 90 valence electrons. The molecule has 0 radical (unpaired) electrons. The first-order chi connectivity index (χ1) is 8.09. The van der Waals surface area contributed by atoms with Crippen LogP contribution in [0.3, 0.4) is 0 Å². The highest BCUT2D eigenvalue weighted by Crippen LogP contribution is 2.20. The van der Waals surface area contributed by atoms with Gasteiger partial charge in [0.1, 0.15) is 17.2 Å². The molecule has 1 aliphatic heterocycles. The van der Waals surface area contributed by atoms with Crippen LogP contribution in [0.1, 0.15) is 16.8 Å². The number of carbonyl (C=O) groups is 2. The molecular weight excluding hydrogens is 248 g/mol. The van der Waals surface area contributed by atoms with Crippen molar-refractivity contribution in [3.63, 3.8) is 0 Å². The number of thioether (sulfide) groups is 1. The molecule has 1 aromatic rings. The third-order valence-corrected chi connectivity index (χ3v) is 3.44. The van der Waals surface area contributed by atoms with E-state index in [1.54, 1.807) is 0 Å². The molecular formula is C11H9F2NO2S. The number of halogens is 2. The molecule has 1 aromatic carbocycles. The number of benzene rings is 1. The quantitative estimate of drug-likeness (QED) is 0.877. The zero-order chi connectivity index (χ0) is 12.4. The van der Waals surface area contributed by atoms with E-state index in [-0.39, 0.29) is 5.12 Å². The zero-order valence-electron chi connectivity index (χ0n) is 8.70. The Labute approximate surface area is 101 Å². The number of hydrogen-bond donors (Lipinski definition) is 1. The van der Waals surface area contributed by atoms with Crippen LogP contribution in [0.2, 0.25) is 0 Å². The molecule has 0 bridgehead atoms. The predicted octanol–water partition coefficient (Wildman–Crippen LogP) is 1.73. The summed E-state index contributed by atoms with van der Waals surface area (Å²) in [6, 6.07) is 2.54. The molecule has 1 fully saturated rings. The molecule has 1 amide bonds. The van der Waals surface area contributed by atoms with E-state index in [0.29, 0.717) is 12.2 Å². The number of carbonyl (C=O) groups excluding carboxylic acids is 2. The molecule has 1 atom stereocenters.